The molecule has 1 N–H and O–H groups in total. The lowest BCUT2D eigenvalue weighted by molar-refractivity contribution is -0.124. The van der Waals surface area contributed by atoms with Crippen molar-refractivity contribution in [1.29, 1.82) is 5.26 Å². The van der Waals surface area contributed by atoms with E-state index in [1.165, 1.54) is 0 Å². The van der Waals surface area contributed by atoms with E-state index >= 15 is 0 Å². The Hall–Kier alpha value is -2.16. The maximum absolute atomic E-state index is 13.3. The highest BCUT2D eigenvalue weighted by Gasteiger charge is 2.43. The van der Waals surface area contributed by atoms with E-state index in [0.717, 1.165) is 25.0 Å². The van der Waals surface area contributed by atoms with Gasteiger partial charge in [-0.25, -0.2) is 8.78 Å². The lowest BCUT2D eigenvalue weighted by Crippen LogP contribution is -2.48. The smallest absolute Gasteiger partial charge is 0.259 e. The third-order valence-electron chi connectivity index (χ3n) is 3.28. The first kappa shape index (κ1) is 14.3. The summed E-state index contributed by atoms with van der Waals surface area (Å²) in [5.41, 5.74) is -0.915. The van der Waals surface area contributed by atoms with Crippen LogP contribution in [0.15, 0.2) is 18.2 Å². The van der Waals surface area contributed by atoms with Gasteiger partial charge in [0.1, 0.15) is 11.4 Å². The third-order valence-corrected chi connectivity index (χ3v) is 3.28. The molecule has 1 saturated carbocycles. The van der Waals surface area contributed by atoms with Crippen molar-refractivity contribution in [2.45, 2.75) is 25.3 Å². The molecule has 0 saturated heterocycles. The van der Waals surface area contributed by atoms with E-state index in [1.807, 2.05) is 0 Å². The number of nitrogens with zero attached hydrogens (tertiary/aromatic N) is 1. The number of halogens is 2. The number of benzene rings is 1. The highest BCUT2D eigenvalue weighted by Crippen LogP contribution is 2.39. The van der Waals surface area contributed by atoms with Crippen LogP contribution in [-0.4, -0.2) is 18.1 Å². The van der Waals surface area contributed by atoms with E-state index in [2.05, 4.69) is 11.4 Å². The predicted molar refractivity (Wildman–Crippen MR) is 66.7 cm³/mol. The number of carbonyl (C=O) groups excluding carboxylic acids is 1. The fourth-order valence-electron chi connectivity index (χ4n) is 1.94. The summed E-state index contributed by atoms with van der Waals surface area (Å²) in [5.74, 6) is -2.15. The zero-order chi connectivity index (χ0) is 14.8. The molecule has 1 fully saturated rings. The molecule has 0 radical (unpaired) electrons. The lowest BCUT2D eigenvalue weighted by Gasteiger charge is -2.22. The molecule has 1 amide bonds. The Morgan fingerprint density at radius 1 is 1.55 bits per heavy atom. The summed E-state index contributed by atoms with van der Waals surface area (Å²) in [6.45, 7) is 1.23. The molecule has 0 unspecified atom stereocenters. The van der Waals surface area contributed by atoms with Gasteiger partial charge in [-0.05, 0) is 37.8 Å². The van der Waals surface area contributed by atoms with Crippen LogP contribution in [0.5, 0.6) is 5.75 Å². The Bertz CT molecular complexity index is 567. The summed E-state index contributed by atoms with van der Waals surface area (Å²) in [5, 5.41) is 11.7. The molecule has 0 aromatic heterocycles. The fraction of sp³-hybridized carbons (Fsp3) is 0.429. The third kappa shape index (κ3) is 3.23. The van der Waals surface area contributed by atoms with E-state index in [9.17, 15) is 13.6 Å². The molecule has 6 heteroatoms. The summed E-state index contributed by atoms with van der Waals surface area (Å²) in [6, 6.07) is 4.91. The van der Waals surface area contributed by atoms with Crippen LogP contribution >= 0.6 is 0 Å². The standard InChI is InChI=1S/C14H14F2N2O2/c1-14(8-17,9-2-3-9)18-13(19)7-20-12-5-4-10(15)6-11(12)16/h4-6,9H,2-3,7H2,1H3,(H,18,19)/t14-/m0/s1. The largest absolute Gasteiger partial charge is 0.481 e. The summed E-state index contributed by atoms with van der Waals surface area (Å²) in [6.07, 6.45) is 1.80. The second kappa shape index (κ2) is 5.45. The SMILES string of the molecule is C[C@@](C#N)(NC(=O)COc1ccc(F)cc1F)C1CC1. The molecular formula is C14H14F2N2O2. The number of amides is 1. The first-order valence-corrected chi connectivity index (χ1v) is 6.25. The number of nitriles is 1. The van der Waals surface area contributed by atoms with Crippen LogP contribution in [0.1, 0.15) is 19.8 Å². The zero-order valence-corrected chi connectivity index (χ0v) is 11.0. The molecule has 0 heterocycles. The molecule has 0 bridgehead atoms. The van der Waals surface area contributed by atoms with Gasteiger partial charge < -0.3 is 10.1 Å². The van der Waals surface area contributed by atoms with Gasteiger partial charge in [-0.15, -0.1) is 0 Å². The van der Waals surface area contributed by atoms with Gasteiger partial charge in [0.2, 0.25) is 0 Å². The summed E-state index contributed by atoms with van der Waals surface area (Å²) in [7, 11) is 0. The highest BCUT2D eigenvalue weighted by atomic mass is 19.1. The van der Waals surface area contributed by atoms with Crippen LogP contribution < -0.4 is 10.1 Å². The quantitative estimate of drug-likeness (QED) is 0.899. The van der Waals surface area contributed by atoms with Gasteiger partial charge >= 0.3 is 0 Å². The van der Waals surface area contributed by atoms with Gasteiger partial charge in [0.15, 0.2) is 18.2 Å². The van der Waals surface area contributed by atoms with Gasteiger partial charge in [0.05, 0.1) is 6.07 Å². The van der Waals surface area contributed by atoms with Crippen molar-refractivity contribution >= 4 is 5.91 Å². The lowest BCUT2D eigenvalue weighted by atomic mass is 9.98. The van der Waals surface area contributed by atoms with E-state index in [1.54, 1.807) is 6.92 Å². The van der Waals surface area contributed by atoms with Crippen LogP contribution in [0, 0.1) is 28.9 Å². The highest BCUT2D eigenvalue weighted by molar-refractivity contribution is 5.79. The average molecular weight is 280 g/mol. The Morgan fingerprint density at radius 2 is 2.25 bits per heavy atom. The molecule has 1 aromatic carbocycles. The minimum absolute atomic E-state index is 0.152. The number of nitrogens with one attached hydrogen (secondary N) is 1. The van der Waals surface area contributed by atoms with Gasteiger partial charge in [0.25, 0.3) is 5.91 Å². The molecule has 1 aromatic rings. The minimum atomic E-state index is -0.915. The zero-order valence-electron chi connectivity index (χ0n) is 11.0. The molecule has 106 valence electrons. The Kier molecular flexibility index (Phi) is 3.89. The molecule has 1 atom stereocenters. The van der Waals surface area contributed by atoms with Crippen molar-refractivity contribution in [2.24, 2.45) is 5.92 Å². The minimum Gasteiger partial charge on any atom is -0.481 e. The number of hydrogen-bond acceptors (Lipinski definition) is 3. The predicted octanol–water partition coefficient (Wildman–Crippen LogP) is 2.15. The van der Waals surface area contributed by atoms with Crippen molar-refractivity contribution in [1.82, 2.24) is 5.32 Å². The van der Waals surface area contributed by atoms with Crippen LogP contribution in [-0.2, 0) is 4.79 Å². The monoisotopic (exact) mass is 280 g/mol. The topological polar surface area (TPSA) is 62.1 Å². The van der Waals surface area contributed by atoms with Crippen LogP contribution in [0.3, 0.4) is 0 Å². The van der Waals surface area contributed by atoms with Crippen molar-refractivity contribution < 1.29 is 18.3 Å². The van der Waals surface area contributed by atoms with Crippen molar-refractivity contribution in [2.75, 3.05) is 6.61 Å². The first-order chi connectivity index (χ1) is 9.44. The molecule has 20 heavy (non-hydrogen) atoms. The van der Waals surface area contributed by atoms with Gasteiger partial charge in [-0.3, -0.25) is 4.79 Å². The summed E-state index contributed by atoms with van der Waals surface area (Å²) >= 11 is 0. The molecule has 4 nitrogen and oxygen atoms in total. The van der Waals surface area contributed by atoms with E-state index < -0.39 is 29.7 Å². The van der Waals surface area contributed by atoms with Gasteiger partial charge in [-0.1, -0.05) is 0 Å². The second-order valence-electron chi connectivity index (χ2n) is 5.00. The summed E-state index contributed by atoms with van der Waals surface area (Å²) in [4.78, 5) is 11.7. The summed E-state index contributed by atoms with van der Waals surface area (Å²) < 4.78 is 31.0. The fourth-order valence-corrected chi connectivity index (χ4v) is 1.94. The molecule has 1 aliphatic carbocycles. The van der Waals surface area contributed by atoms with Crippen LogP contribution in [0.2, 0.25) is 0 Å². The van der Waals surface area contributed by atoms with Crippen molar-refractivity contribution in [3.05, 3.63) is 29.8 Å². The molecule has 1 aliphatic rings. The molecule has 2 rings (SSSR count). The Balaban J connectivity index is 1.90. The van der Waals surface area contributed by atoms with Crippen LogP contribution in [0.4, 0.5) is 8.78 Å². The Labute approximate surface area is 115 Å². The number of carbonyl (C=O) groups is 1. The van der Waals surface area contributed by atoms with E-state index in [4.69, 9.17) is 10.00 Å². The van der Waals surface area contributed by atoms with E-state index in [-0.39, 0.29) is 11.7 Å². The number of rotatable bonds is 5. The molecule has 0 spiro atoms. The average Bonchev–Trinajstić information content (AvgIpc) is 3.22. The molecular weight excluding hydrogens is 266 g/mol. The normalized spacial score (nSPS) is 16.9. The maximum Gasteiger partial charge on any atom is 0.259 e. The van der Waals surface area contributed by atoms with Crippen molar-refractivity contribution in [3.63, 3.8) is 0 Å². The Morgan fingerprint density at radius 3 is 2.80 bits per heavy atom. The number of hydrogen-bond donors (Lipinski definition) is 1. The van der Waals surface area contributed by atoms with Crippen molar-refractivity contribution in [3.8, 4) is 11.8 Å². The van der Waals surface area contributed by atoms with Crippen LogP contribution in [0.25, 0.3) is 0 Å². The van der Waals surface area contributed by atoms with E-state index in [0.29, 0.717) is 6.07 Å². The number of ether oxygens (including phenoxy) is 1. The second-order valence-corrected chi connectivity index (χ2v) is 5.00. The van der Waals surface area contributed by atoms with Gasteiger partial charge in [0, 0.05) is 6.07 Å². The van der Waals surface area contributed by atoms with Gasteiger partial charge in [-0.2, -0.15) is 5.26 Å². The first-order valence-electron chi connectivity index (χ1n) is 6.25. The molecule has 0 aliphatic heterocycles. The maximum atomic E-state index is 13.3.